The number of carbonyl (C=O) groups is 1. The number of aromatic carboxylic acids is 1. The molecule has 0 aliphatic heterocycles. The first-order valence-corrected chi connectivity index (χ1v) is 6.62. The quantitative estimate of drug-likeness (QED) is 0.864. The fourth-order valence-electron chi connectivity index (χ4n) is 1.84. The smallest absolute Gasteiger partial charge is 0.358 e. The lowest BCUT2D eigenvalue weighted by molar-refractivity contribution is -0.00570. The summed E-state index contributed by atoms with van der Waals surface area (Å²) in [6, 6.07) is 3.44. The Morgan fingerprint density at radius 2 is 2.19 bits per heavy atom. The molecular weight excluding hydrogens is 272 g/mol. The monoisotopic (exact) mass is 290 g/mol. The summed E-state index contributed by atoms with van der Waals surface area (Å²) in [7, 11) is 0. The molecule has 0 aliphatic rings. The molecule has 0 bridgehead atoms. The van der Waals surface area contributed by atoms with E-state index in [1.807, 2.05) is 13.8 Å². The summed E-state index contributed by atoms with van der Waals surface area (Å²) in [6.07, 6.45) is 3.15. The van der Waals surface area contributed by atoms with E-state index in [9.17, 15) is 15.0 Å². The van der Waals surface area contributed by atoms with E-state index in [-0.39, 0.29) is 18.2 Å². The van der Waals surface area contributed by atoms with Crippen LogP contribution >= 0.6 is 0 Å². The minimum absolute atomic E-state index is 0.0169. The minimum atomic E-state index is -1.16. The van der Waals surface area contributed by atoms with Gasteiger partial charge in [0.15, 0.2) is 5.69 Å². The highest BCUT2D eigenvalue weighted by Gasteiger charge is 2.29. The van der Waals surface area contributed by atoms with Gasteiger partial charge >= 0.3 is 5.97 Å². The number of aromatic nitrogens is 4. The van der Waals surface area contributed by atoms with Crippen molar-refractivity contribution in [1.82, 2.24) is 20.0 Å². The summed E-state index contributed by atoms with van der Waals surface area (Å²) < 4.78 is 1.42. The number of hydrogen-bond acceptors (Lipinski definition) is 5. The van der Waals surface area contributed by atoms with Gasteiger partial charge in [0.1, 0.15) is 5.69 Å². The zero-order valence-corrected chi connectivity index (χ0v) is 12.2. The second kappa shape index (κ2) is 5.61. The Morgan fingerprint density at radius 3 is 2.71 bits per heavy atom. The SMILES string of the molecule is CC(C)C(C)(O)Cn1nnc(C(=O)O)c1-c1cccnc1. The summed E-state index contributed by atoms with van der Waals surface area (Å²) in [5, 5.41) is 27.3. The first kappa shape index (κ1) is 15.1. The van der Waals surface area contributed by atoms with Gasteiger partial charge in [0.2, 0.25) is 0 Å². The molecule has 0 spiro atoms. The second-order valence-corrected chi connectivity index (χ2v) is 5.50. The molecule has 0 amide bonds. The number of carboxylic acid groups (broad SMARTS) is 1. The van der Waals surface area contributed by atoms with E-state index in [4.69, 9.17) is 0 Å². The molecule has 7 nitrogen and oxygen atoms in total. The van der Waals surface area contributed by atoms with Crippen LogP contribution in [0.15, 0.2) is 24.5 Å². The van der Waals surface area contributed by atoms with Crippen molar-refractivity contribution in [3.05, 3.63) is 30.2 Å². The van der Waals surface area contributed by atoms with E-state index < -0.39 is 11.6 Å². The Bertz CT molecular complexity index is 635. The third-order valence-electron chi connectivity index (χ3n) is 3.59. The lowest BCUT2D eigenvalue weighted by Gasteiger charge is -2.27. The summed E-state index contributed by atoms with van der Waals surface area (Å²) >= 11 is 0. The first-order valence-electron chi connectivity index (χ1n) is 6.62. The molecule has 1 atom stereocenters. The van der Waals surface area contributed by atoms with Gasteiger partial charge in [-0.1, -0.05) is 19.1 Å². The maximum absolute atomic E-state index is 11.3. The molecule has 21 heavy (non-hydrogen) atoms. The van der Waals surface area contributed by atoms with Crippen molar-refractivity contribution in [2.24, 2.45) is 5.92 Å². The van der Waals surface area contributed by atoms with E-state index in [2.05, 4.69) is 15.3 Å². The highest BCUT2D eigenvalue weighted by Crippen LogP contribution is 2.25. The van der Waals surface area contributed by atoms with Crippen LogP contribution in [0.5, 0.6) is 0 Å². The molecule has 2 rings (SSSR count). The van der Waals surface area contributed by atoms with Gasteiger partial charge in [-0.15, -0.1) is 5.10 Å². The normalized spacial score (nSPS) is 14.1. The van der Waals surface area contributed by atoms with Crippen LogP contribution in [0.1, 0.15) is 31.3 Å². The number of hydrogen-bond donors (Lipinski definition) is 2. The maximum atomic E-state index is 11.3. The average Bonchev–Trinajstić information content (AvgIpc) is 2.82. The van der Waals surface area contributed by atoms with Gasteiger partial charge in [-0.2, -0.15) is 0 Å². The van der Waals surface area contributed by atoms with Gasteiger partial charge in [-0.25, -0.2) is 9.48 Å². The lowest BCUT2D eigenvalue weighted by atomic mass is 9.92. The van der Waals surface area contributed by atoms with Crippen LogP contribution in [-0.2, 0) is 6.54 Å². The Balaban J connectivity index is 2.51. The fraction of sp³-hybridized carbons (Fsp3) is 0.429. The lowest BCUT2D eigenvalue weighted by Crippen LogP contribution is -2.36. The van der Waals surface area contributed by atoms with Crippen LogP contribution < -0.4 is 0 Å². The van der Waals surface area contributed by atoms with Crippen molar-refractivity contribution in [3.63, 3.8) is 0 Å². The fourth-order valence-corrected chi connectivity index (χ4v) is 1.84. The number of rotatable bonds is 5. The summed E-state index contributed by atoms with van der Waals surface area (Å²) in [4.78, 5) is 15.3. The molecule has 2 heterocycles. The summed E-state index contributed by atoms with van der Waals surface area (Å²) in [5.74, 6) is -1.18. The van der Waals surface area contributed by atoms with Crippen molar-refractivity contribution in [2.45, 2.75) is 32.9 Å². The maximum Gasteiger partial charge on any atom is 0.358 e. The van der Waals surface area contributed by atoms with E-state index >= 15 is 0 Å². The molecule has 112 valence electrons. The predicted molar refractivity (Wildman–Crippen MR) is 75.7 cm³/mol. The highest BCUT2D eigenvalue weighted by molar-refractivity contribution is 5.92. The highest BCUT2D eigenvalue weighted by atomic mass is 16.4. The van der Waals surface area contributed by atoms with E-state index in [1.165, 1.54) is 4.68 Å². The van der Waals surface area contributed by atoms with Crippen LogP contribution in [0, 0.1) is 5.92 Å². The van der Waals surface area contributed by atoms with Crippen molar-refractivity contribution in [3.8, 4) is 11.3 Å². The van der Waals surface area contributed by atoms with Crippen molar-refractivity contribution < 1.29 is 15.0 Å². The van der Waals surface area contributed by atoms with Crippen molar-refractivity contribution in [2.75, 3.05) is 0 Å². The summed E-state index contributed by atoms with van der Waals surface area (Å²) in [6.45, 7) is 5.61. The molecule has 2 aromatic rings. The average molecular weight is 290 g/mol. The zero-order valence-electron chi connectivity index (χ0n) is 12.2. The number of aliphatic hydroxyl groups is 1. The van der Waals surface area contributed by atoms with Gasteiger partial charge in [0, 0.05) is 18.0 Å². The Labute approximate surface area is 122 Å². The number of pyridine rings is 1. The molecule has 0 saturated carbocycles. The predicted octanol–water partition coefficient (Wildman–Crippen LogP) is 1.45. The molecule has 0 aliphatic carbocycles. The Hall–Kier alpha value is -2.28. The third-order valence-corrected chi connectivity index (χ3v) is 3.59. The molecule has 0 radical (unpaired) electrons. The summed E-state index contributed by atoms with van der Waals surface area (Å²) in [5.41, 5.74) is -0.237. The standard InChI is InChI=1S/C14H18N4O3/c1-9(2)14(3,21)8-18-12(10-5-4-6-15-7-10)11(13(19)20)16-17-18/h4-7,9,21H,8H2,1-3H3,(H,19,20). The largest absolute Gasteiger partial charge is 0.476 e. The van der Waals surface area contributed by atoms with Crippen LogP contribution in [0.2, 0.25) is 0 Å². The molecule has 0 aromatic carbocycles. The van der Waals surface area contributed by atoms with Gasteiger partial charge in [0.25, 0.3) is 0 Å². The van der Waals surface area contributed by atoms with Gasteiger partial charge < -0.3 is 10.2 Å². The third kappa shape index (κ3) is 3.08. The van der Waals surface area contributed by atoms with Crippen LogP contribution in [-0.4, -0.2) is 41.8 Å². The van der Waals surface area contributed by atoms with E-state index in [1.54, 1.807) is 31.5 Å². The van der Waals surface area contributed by atoms with E-state index in [0.717, 1.165) is 0 Å². The molecule has 2 N–H and O–H groups in total. The second-order valence-electron chi connectivity index (χ2n) is 5.50. The molecule has 0 saturated heterocycles. The number of carboxylic acids is 1. The molecule has 7 heteroatoms. The van der Waals surface area contributed by atoms with E-state index in [0.29, 0.717) is 11.3 Å². The van der Waals surface area contributed by atoms with Crippen molar-refractivity contribution >= 4 is 5.97 Å². The van der Waals surface area contributed by atoms with Gasteiger partial charge in [-0.05, 0) is 25.0 Å². The minimum Gasteiger partial charge on any atom is -0.476 e. The Morgan fingerprint density at radius 1 is 1.48 bits per heavy atom. The first-order chi connectivity index (χ1) is 9.83. The van der Waals surface area contributed by atoms with Crippen LogP contribution in [0.4, 0.5) is 0 Å². The van der Waals surface area contributed by atoms with Crippen molar-refractivity contribution in [1.29, 1.82) is 0 Å². The Kier molecular flexibility index (Phi) is 4.04. The van der Waals surface area contributed by atoms with Gasteiger partial charge in [-0.3, -0.25) is 4.98 Å². The molecular formula is C14H18N4O3. The van der Waals surface area contributed by atoms with Crippen LogP contribution in [0.3, 0.4) is 0 Å². The topological polar surface area (TPSA) is 101 Å². The molecule has 0 fully saturated rings. The molecule has 2 aromatic heterocycles. The van der Waals surface area contributed by atoms with Crippen LogP contribution in [0.25, 0.3) is 11.3 Å². The molecule has 1 unspecified atom stereocenters. The van der Waals surface area contributed by atoms with Gasteiger partial charge in [0.05, 0.1) is 12.1 Å². The number of nitrogens with zero attached hydrogens (tertiary/aromatic N) is 4. The zero-order chi connectivity index (χ0) is 15.6.